The Kier molecular flexibility index (Phi) is 3.29. The molecule has 0 aromatic rings. The number of carbonyl (C=O) groups is 1. The fourth-order valence-electron chi connectivity index (χ4n) is 6.93. The predicted octanol–water partition coefficient (Wildman–Crippen LogP) is 2.69. The van der Waals surface area contributed by atoms with Gasteiger partial charge in [0.2, 0.25) is 0 Å². The summed E-state index contributed by atoms with van der Waals surface area (Å²) in [6, 6.07) is 0. The Labute approximate surface area is 138 Å². The lowest BCUT2D eigenvalue weighted by atomic mass is 9.48. The first-order chi connectivity index (χ1) is 10.8. The topological polar surface area (TPSA) is 57.5 Å². The van der Waals surface area contributed by atoms with Crippen molar-refractivity contribution < 1.29 is 15.0 Å². The van der Waals surface area contributed by atoms with Crippen LogP contribution in [0.4, 0.5) is 0 Å². The lowest BCUT2D eigenvalue weighted by Crippen LogP contribution is -2.58. The van der Waals surface area contributed by atoms with E-state index in [1.165, 1.54) is 0 Å². The quantitative estimate of drug-likeness (QED) is 0.676. The van der Waals surface area contributed by atoms with Gasteiger partial charge in [-0.25, -0.2) is 0 Å². The predicted molar refractivity (Wildman–Crippen MR) is 87.4 cm³/mol. The Hall–Kier alpha value is -0.850. The fraction of sp³-hybridized carbons (Fsp3) is 0.850. The minimum atomic E-state index is -0.959. The van der Waals surface area contributed by atoms with Crippen molar-refractivity contribution in [3.63, 3.8) is 0 Å². The van der Waals surface area contributed by atoms with Gasteiger partial charge >= 0.3 is 0 Å². The van der Waals surface area contributed by atoms with E-state index in [4.69, 9.17) is 6.42 Å². The van der Waals surface area contributed by atoms with Crippen LogP contribution in [-0.4, -0.2) is 27.2 Å². The van der Waals surface area contributed by atoms with Gasteiger partial charge in [0.15, 0.2) is 0 Å². The second kappa shape index (κ2) is 4.83. The number of ketones is 1. The zero-order chi connectivity index (χ0) is 16.5. The van der Waals surface area contributed by atoms with Gasteiger partial charge in [-0.1, -0.05) is 12.8 Å². The SMILES string of the molecule is C#CC1(O)CCC2C3CCC4(O)CC(=O)CCC4C3CCC21C. The lowest BCUT2D eigenvalue weighted by Gasteiger charge is -2.58. The number of hydrogen-bond donors (Lipinski definition) is 2. The Morgan fingerprint density at radius 2 is 1.74 bits per heavy atom. The van der Waals surface area contributed by atoms with Crippen LogP contribution in [0.3, 0.4) is 0 Å². The standard InChI is InChI=1S/C20H28O3/c1-3-20(23)11-8-16-14-7-10-19(22)12-13(21)4-5-17(19)15(14)6-9-18(16,20)2/h1,14-17,22-23H,4-12H2,2H3. The summed E-state index contributed by atoms with van der Waals surface area (Å²) in [5.41, 5.74) is -1.90. The number of hydrogen-bond acceptors (Lipinski definition) is 3. The van der Waals surface area contributed by atoms with Crippen LogP contribution in [0.1, 0.15) is 64.7 Å². The minimum Gasteiger partial charge on any atom is -0.389 e. The van der Waals surface area contributed by atoms with Gasteiger partial charge in [0.1, 0.15) is 11.4 Å². The molecule has 0 heterocycles. The van der Waals surface area contributed by atoms with E-state index in [1.807, 2.05) is 0 Å². The van der Waals surface area contributed by atoms with Gasteiger partial charge in [-0.2, -0.15) is 0 Å². The fourth-order valence-corrected chi connectivity index (χ4v) is 6.93. The van der Waals surface area contributed by atoms with Gasteiger partial charge in [-0.15, -0.1) is 6.42 Å². The Morgan fingerprint density at radius 3 is 2.48 bits per heavy atom. The van der Waals surface area contributed by atoms with E-state index >= 15 is 0 Å². The highest BCUT2D eigenvalue weighted by molar-refractivity contribution is 5.80. The largest absolute Gasteiger partial charge is 0.389 e. The molecule has 4 fully saturated rings. The number of carbonyl (C=O) groups excluding carboxylic acids is 1. The van der Waals surface area contributed by atoms with Crippen molar-refractivity contribution in [3.05, 3.63) is 0 Å². The van der Waals surface area contributed by atoms with Crippen LogP contribution in [0.2, 0.25) is 0 Å². The molecule has 4 rings (SSSR count). The zero-order valence-corrected chi connectivity index (χ0v) is 14.1. The summed E-state index contributed by atoms with van der Waals surface area (Å²) in [6.07, 6.45) is 12.9. The van der Waals surface area contributed by atoms with Gasteiger partial charge in [0, 0.05) is 18.3 Å². The second-order valence-electron chi connectivity index (χ2n) is 8.94. The molecule has 0 bridgehead atoms. The van der Waals surface area contributed by atoms with Crippen LogP contribution in [0.25, 0.3) is 0 Å². The van der Waals surface area contributed by atoms with E-state index in [1.54, 1.807) is 0 Å². The normalized spacial score (nSPS) is 55.5. The molecule has 7 atom stereocenters. The van der Waals surface area contributed by atoms with E-state index < -0.39 is 11.2 Å². The molecule has 2 N–H and O–H groups in total. The van der Waals surface area contributed by atoms with Crippen LogP contribution in [0.5, 0.6) is 0 Å². The van der Waals surface area contributed by atoms with Crippen LogP contribution < -0.4 is 0 Å². The van der Waals surface area contributed by atoms with Gasteiger partial charge in [-0.3, -0.25) is 4.79 Å². The van der Waals surface area contributed by atoms with Gasteiger partial charge < -0.3 is 10.2 Å². The molecule has 0 spiro atoms. The number of fused-ring (bicyclic) bond motifs is 5. The number of Topliss-reactive ketones (excluding diaryl/α,β-unsaturated/α-hetero) is 1. The first kappa shape index (κ1) is 15.7. The maximum absolute atomic E-state index is 11.8. The summed E-state index contributed by atoms with van der Waals surface area (Å²) in [6.45, 7) is 2.19. The average Bonchev–Trinajstić information content (AvgIpc) is 2.78. The molecular weight excluding hydrogens is 288 g/mol. The van der Waals surface area contributed by atoms with Gasteiger partial charge in [-0.05, 0) is 68.6 Å². The third-order valence-electron chi connectivity index (χ3n) is 8.24. The number of rotatable bonds is 0. The molecule has 4 aliphatic rings. The van der Waals surface area contributed by atoms with E-state index in [-0.39, 0.29) is 17.1 Å². The Bertz CT molecular complexity index is 578. The number of terminal acetylenes is 1. The highest BCUT2D eigenvalue weighted by Gasteiger charge is 2.64. The summed E-state index contributed by atoms with van der Waals surface area (Å²) in [4.78, 5) is 11.8. The summed E-state index contributed by atoms with van der Waals surface area (Å²) < 4.78 is 0. The molecule has 0 aromatic carbocycles. The maximum atomic E-state index is 11.8. The van der Waals surface area contributed by atoms with Crippen molar-refractivity contribution in [2.45, 2.75) is 75.9 Å². The molecule has 4 saturated carbocycles. The van der Waals surface area contributed by atoms with Crippen molar-refractivity contribution in [2.75, 3.05) is 0 Å². The smallest absolute Gasteiger partial charge is 0.135 e. The molecule has 23 heavy (non-hydrogen) atoms. The third-order valence-corrected chi connectivity index (χ3v) is 8.24. The van der Waals surface area contributed by atoms with Crippen molar-refractivity contribution in [2.24, 2.45) is 29.1 Å². The minimum absolute atomic E-state index is 0.178. The Balaban J connectivity index is 1.64. The van der Waals surface area contributed by atoms with Crippen molar-refractivity contribution in [1.82, 2.24) is 0 Å². The molecule has 0 amide bonds. The van der Waals surface area contributed by atoms with E-state index in [9.17, 15) is 15.0 Å². The third kappa shape index (κ3) is 1.94. The van der Waals surface area contributed by atoms with Crippen LogP contribution >= 0.6 is 0 Å². The number of aliphatic hydroxyl groups is 2. The summed E-state index contributed by atoms with van der Waals surface area (Å²) in [5.74, 6) is 4.71. The second-order valence-corrected chi connectivity index (χ2v) is 8.94. The summed E-state index contributed by atoms with van der Waals surface area (Å²) >= 11 is 0. The molecule has 0 radical (unpaired) electrons. The monoisotopic (exact) mass is 316 g/mol. The molecule has 7 unspecified atom stereocenters. The highest BCUT2D eigenvalue weighted by Crippen LogP contribution is 2.65. The summed E-state index contributed by atoms with van der Waals surface area (Å²) in [7, 11) is 0. The molecule has 0 saturated heterocycles. The van der Waals surface area contributed by atoms with E-state index in [0.29, 0.717) is 37.0 Å². The van der Waals surface area contributed by atoms with Crippen LogP contribution in [-0.2, 0) is 4.79 Å². The van der Waals surface area contributed by atoms with E-state index in [2.05, 4.69) is 12.8 Å². The molecular formula is C20H28O3. The maximum Gasteiger partial charge on any atom is 0.135 e. The summed E-state index contributed by atoms with van der Waals surface area (Å²) in [5, 5.41) is 22.0. The first-order valence-electron chi connectivity index (χ1n) is 9.27. The molecule has 0 aromatic heterocycles. The highest BCUT2D eigenvalue weighted by atomic mass is 16.3. The zero-order valence-electron chi connectivity index (χ0n) is 14.1. The van der Waals surface area contributed by atoms with Gasteiger partial charge in [0.05, 0.1) is 5.60 Å². The molecule has 4 aliphatic carbocycles. The van der Waals surface area contributed by atoms with Crippen molar-refractivity contribution in [3.8, 4) is 12.3 Å². The first-order valence-corrected chi connectivity index (χ1v) is 9.27. The molecule has 3 heteroatoms. The molecule has 3 nitrogen and oxygen atoms in total. The van der Waals surface area contributed by atoms with E-state index in [0.717, 1.165) is 38.5 Å². The Morgan fingerprint density at radius 1 is 1.04 bits per heavy atom. The average molecular weight is 316 g/mol. The van der Waals surface area contributed by atoms with Crippen molar-refractivity contribution >= 4 is 5.78 Å². The molecule has 126 valence electrons. The lowest BCUT2D eigenvalue weighted by molar-refractivity contribution is -0.168. The van der Waals surface area contributed by atoms with Crippen LogP contribution in [0, 0.1) is 41.4 Å². The van der Waals surface area contributed by atoms with Crippen molar-refractivity contribution in [1.29, 1.82) is 0 Å². The van der Waals surface area contributed by atoms with Crippen LogP contribution in [0.15, 0.2) is 0 Å². The molecule has 0 aliphatic heterocycles. The van der Waals surface area contributed by atoms with Gasteiger partial charge in [0.25, 0.3) is 0 Å².